The lowest BCUT2D eigenvalue weighted by Gasteiger charge is -2.25. The summed E-state index contributed by atoms with van der Waals surface area (Å²) in [7, 11) is 0. The highest BCUT2D eigenvalue weighted by Gasteiger charge is 2.17. The second kappa shape index (κ2) is 5.42. The van der Waals surface area contributed by atoms with E-state index in [1.807, 2.05) is 6.07 Å². The zero-order valence-corrected chi connectivity index (χ0v) is 11.8. The fourth-order valence-corrected chi connectivity index (χ4v) is 2.36. The lowest BCUT2D eigenvalue weighted by Crippen LogP contribution is -2.25. The van der Waals surface area contributed by atoms with Crippen molar-refractivity contribution in [3.05, 3.63) is 22.6 Å². The summed E-state index contributed by atoms with van der Waals surface area (Å²) < 4.78 is 1.27. The molecule has 0 atom stereocenters. The first-order chi connectivity index (χ1) is 8.99. The molecule has 0 radical (unpaired) electrons. The van der Waals surface area contributed by atoms with E-state index < -0.39 is 0 Å². The number of hydrogen-bond acceptors (Lipinski definition) is 4. The summed E-state index contributed by atoms with van der Waals surface area (Å²) in [5.74, 6) is 2.47. The van der Waals surface area contributed by atoms with E-state index in [2.05, 4.69) is 48.3 Å². The molecule has 2 aromatic heterocycles. The molecule has 0 unspecified atom stereocenters. The Balaban J connectivity index is 2.13. The van der Waals surface area contributed by atoms with Crippen LogP contribution in [-0.4, -0.2) is 26.4 Å². The van der Waals surface area contributed by atoms with Gasteiger partial charge in [0.2, 0.25) is 0 Å². The van der Waals surface area contributed by atoms with Crippen molar-refractivity contribution < 1.29 is 0 Å². The summed E-state index contributed by atoms with van der Waals surface area (Å²) in [5.41, 5.74) is 0.211. The van der Waals surface area contributed by atoms with Crippen molar-refractivity contribution in [2.24, 2.45) is 17.8 Å². The van der Waals surface area contributed by atoms with E-state index in [9.17, 15) is 4.79 Å². The van der Waals surface area contributed by atoms with Gasteiger partial charge < -0.3 is 5.32 Å². The Hall–Kier alpha value is -1.85. The number of aromatic nitrogens is 4. The Morgan fingerprint density at radius 3 is 2.58 bits per heavy atom. The van der Waals surface area contributed by atoms with Crippen LogP contribution in [0.1, 0.15) is 27.7 Å². The highest BCUT2D eigenvalue weighted by Crippen LogP contribution is 2.20. The summed E-state index contributed by atoms with van der Waals surface area (Å²) in [6.45, 7) is 9.75. The molecule has 2 heterocycles. The van der Waals surface area contributed by atoms with Gasteiger partial charge in [0.05, 0.1) is 0 Å². The van der Waals surface area contributed by atoms with Crippen LogP contribution in [0, 0.1) is 17.8 Å². The molecule has 6 nitrogen and oxygen atoms in total. The number of H-pyrrole nitrogens is 1. The van der Waals surface area contributed by atoms with Crippen molar-refractivity contribution >= 4 is 11.5 Å². The van der Waals surface area contributed by atoms with Gasteiger partial charge in [-0.2, -0.15) is 9.61 Å². The molecule has 0 aliphatic heterocycles. The molecule has 6 heteroatoms. The minimum absolute atomic E-state index is 0.317. The van der Waals surface area contributed by atoms with Crippen LogP contribution in [0.25, 0.3) is 5.65 Å². The van der Waals surface area contributed by atoms with E-state index in [1.54, 1.807) is 6.07 Å². The van der Waals surface area contributed by atoms with E-state index in [-0.39, 0.29) is 5.69 Å². The van der Waals surface area contributed by atoms with Crippen LogP contribution < -0.4 is 11.0 Å². The number of hydrogen-bond donors (Lipinski definition) is 2. The van der Waals surface area contributed by atoms with Crippen LogP contribution in [0.5, 0.6) is 0 Å². The summed E-state index contributed by atoms with van der Waals surface area (Å²) in [6, 6.07) is 3.61. The summed E-state index contributed by atoms with van der Waals surface area (Å²) >= 11 is 0. The number of aromatic amines is 1. The van der Waals surface area contributed by atoms with Crippen LogP contribution in [0.4, 0.5) is 5.82 Å². The predicted octanol–water partition coefficient (Wildman–Crippen LogP) is 1.76. The van der Waals surface area contributed by atoms with E-state index in [4.69, 9.17) is 0 Å². The number of nitrogens with zero attached hydrogens (tertiary/aromatic N) is 3. The SMILES string of the molecule is CC(C)C(CNc1ccc2n[nH]c(=O)n2n1)C(C)C. The van der Waals surface area contributed by atoms with Crippen molar-refractivity contribution in [3.63, 3.8) is 0 Å². The third kappa shape index (κ3) is 2.94. The lowest BCUT2D eigenvalue weighted by molar-refractivity contribution is 0.304. The summed E-state index contributed by atoms with van der Waals surface area (Å²) in [6.07, 6.45) is 0. The monoisotopic (exact) mass is 263 g/mol. The van der Waals surface area contributed by atoms with Crippen molar-refractivity contribution in [3.8, 4) is 0 Å². The van der Waals surface area contributed by atoms with Gasteiger partial charge in [-0.15, -0.1) is 5.10 Å². The van der Waals surface area contributed by atoms with Crippen molar-refractivity contribution in [2.75, 3.05) is 11.9 Å². The molecule has 0 saturated carbocycles. The van der Waals surface area contributed by atoms with Gasteiger partial charge >= 0.3 is 5.69 Å². The second-order valence-corrected chi connectivity index (χ2v) is 5.55. The maximum Gasteiger partial charge on any atom is 0.364 e. The number of nitrogens with one attached hydrogen (secondary N) is 2. The molecule has 104 valence electrons. The van der Waals surface area contributed by atoms with E-state index >= 15 is 0 Å². The van der Waals surface area contributed by atoms with Gasteiger partial charge in [0.25, 0.3) is 0 Å². The fourth-order valence-electron chi connectivity index (χ4n) is 2.36. The number of fused-ring (bicyclic) bond motifs is 1. The van der Waals surface area contributed by atoms with Crippen LogP contribution in [0.15, 0.2) is 16.9 Å². The molecule has 0 fully saturated rings. The zero-order chi connectivity index (χ0) is 14.0. The van der Waals surface area contributed by atoms with Crippen LogP contribution >= 0.6 is 0 Å². The first-order valence-electron chi connectivity index (χ1n) is 6.67. The quantitative estimate of drug-likeness (QED) is 0.862. The minimum atomic E-state index is -0.317. The standard InChI is InChI=1S/C13H21N5O/c1-8(2)10(9(3)4)7-14-11-5-6-12-15-16-13(19)18(12)17-11/h5-6,8-10H,7H2,1-4H3,(H,14,17)(H,16,19). The Bertz CT molecular complexity index is 590. The molecule has 0 aromatic carbocycles. The van der Waals surface area contributed by atoms with Gasteiger partial charge in [0.1, 0.15) is 5.82 Å². The Labute approximate surface area is 112 Å². The Morgan fingerprint density at radius 2 is 1.95 bits per heavy atom. The summed E-state index contributed by atoms with van der Waals surface area (Å²) in [5, 5.41) is 13.7. The molecule has 0 amide bonds. The first-order valence-corrected chi connectivity index (χ1v) is 6.67. The predicted molar refractivity (Wildman–Crippen MR) is 75.3 cm³/mol. The fraction of sp³-hybridized carbons (Fsp3) is 0.615. The van der Waals surface area contributed by atoms with Gasteiger partial charge in [-0.05, 0) is 29.9 Å². The maximum atomic E-state index is 11.4. The molecule has 2 N–H and O–H groups in total. The first kappa shape index (κ1) is 13.6. The van der Waals surface area contributed by atoms with Crippen LogP contribution in [0.2, 0.25) is 0 Å². The van der Waals surface area contributed by atoms with Gasteiger partial charge in [0, 0.05) is 6.54 Å². The number of rotatable bonds is 5. The zero-order valence-electron chi connectivity index (χ0n) is 11.8. The highest BCUT2D eigenvalue weighted by atomic mass is 16.2. The largest absolute Gasteiger partial charge is 0.368 e. The molecule has 2 rings (SSSR count). The normalized spacial score (nSPS) is 11.9. The van der Waals surface area contributed by atoms with E-state index in [0.29, 0.717) is 29.2 Å². The van der Waals surface area contributed by atoms with E-state index in [1.165, 1.54) is 4.52 Å². The molecule has 0 aliphatic rings. The molecular weight excluding hydrogens is 242 g/mol. The molecule has 19 heavy (non-hydrogen) atoms. The molecular formula is C13H21N5O. The average Bonchev–Trinajstić information content (AvgIpc) is 2.70. The van der Waals surface area contributed by atoms with Crippen molar-refractivity contribution in [1.29, 1.82) is 0 Å². The molecule has 0 bridgehead atoms. The van der Waals surface area contributed by atoms with Crippen molar-refractivity contribution in [1.82, 2.24) is 19.8 Å². The molecule has 0 spiro atoms. The van der Waals surface area contributed by atoms with E-state index in [0.717, 1.165) is 6.54 Å². The lowest BCUT2D eigenvalue weighted by atomic mass is 9.85. The molecule has 0 aliphatic carbocycles. The van der Waals surface area contributed by atoms with Gasteiger partial charge in [0.15, 0.2) is 5.65 Å². The number of anilines is 1. The smallest absolute Gasteiger partial charge is 0.364 e. The summed E-state index contributed by atoms with van der Waals surface area (Å²) in [4.78, 5) is 11.4. The average molecular weight is 263 g/mol. The van der Waals surface area contributed by atoms with Crippen molar-refractivity contribution in [2.45, 2.75) is 27.7 Å². The highest BCUT2D eigenvalue weighted by molar-refractivity contribution is 5.42. The van der Waals surface area contributed by atoms with Crippen LogP contribution in [0.3, 0.4) is 0 Å². The second-order valence-electron chi connectivity index (χ2n) is 5.55. The third-order valence-electron chi connectivity index (χ3n) is 3.50. The molecule has 2 aromatic rings. The Morgan fingerprint density at radius 1 is 1.26 bits per heavy atom. The van der Waals surface area contributed by atoms with Gasteiger partial charge in [-0.1, -0.05) is 27.7 Å². The van der Waals surface area contributed by atoms with Gasteiger partial charge in [-0.25, -0.2) is 9.89 Å². The topological polar surface area (TPSA) is 75.1 Å². The third-order valence-corrected chi connectivity index (χ3v) is 3.50. The Kier molecular flexibility index (Phi) is 3.87. The maximum absolute atomic E-state index is 11.4. The van der Waals surface area contributed by atoms with Crippen LogP contribution in [-0.2, 0) is 0 Å². The van der Waals surface area contributed by atoms with Gasteiger partial charge in [-0.3, -0.25) is 0 Å². The minimum Gasteiger partial charge on any atom is -0.368 e. The molecule has 0 saturated heterocycles.